The van der Waals surface area contributed by atoms with Gasteiger partial charge in [-0.2, -0.15) is 0 Å². The summed E-state index contributed by atoms with van der Waals surface area (Å²) in [5.74, 6) is 1.54. The summed E-state index contributed by atoms with van der Waals surface area (Å²) in [6.07, 6.45) is 3.56. The number of nitrogens with zero attached hydrogens (tertiary/aromatic N) is 3. The third-order valence-electron chi connectivity index (χ3n) is 4.31. The molecule has 0 aliphatic rings. The Labute approximate surface area is 149 Å². The zero-order chi connectivity index (χ0) is 17.3. The Kier molecular flexibility index (Phi) is 3.35. The molecule has 2 aromatic carbocycles. The first kappa shape index (κ1) is 14.6. The third-order valence-corrected chi connectivity index (χ3v) is 4.31. The van der Waals surface area contributed by atoms with Gasteiger partial charge in [0.2, 0.25) is 0 Å². The van der Waals surface area contributed by atoms with Gasteiger partial charge in [0.25, 0.3) is 0 Å². The maximum atomic E-state index is 4.84. The summed E-state index contributed by atoms with van der Waals surface area (Å²) in [7, 11) is 0. The Morgan fingerprint density at radius 2 is 1.46 bits per heavy atom. The summed E-state index contributed by atoms with van der Waals surface area (Å²) in [5, 5.41) is 0. The van der Waals surface area contributed by atoms with Gasteiger partial charge in [0.05, 0.1) is 11.0 Å². The Bertz CT molecular complexity index is 1140. The van der Waals surface area contributed by atoms with E-state index in [1.807, 2.05) is 54.6 Å². The summed E-state index contributed by atoms with van der Waals surface area (Å²) < 4.78 is 0. The normalized spacial score (nSPS) is 11.1. The molecule has 5 rings (SSSR count). The van der Waals surface area contributed by atoms with Gasteiger partial charge in [0.15, 0.2) is 5.82 Å². The molecular formula is C21H15N5. The largest absolute Gasteiger partial charge is 0.337 e. The van der Waals surface area contributed by atoms with E-state index in [-0.39, 0.29) is 0 Å². The van der Waals surface area contributed by atoms with Crippen LogP contribution in [0.25, 0.3) is 45.2 Å². The van der Waals surface area contributed by atoms with E-state index in [4.69, 9.17) is 9.97 Å². The number of pyridine rings is 1. The van der Waals surface area contributed by atoms with Gasteiger partial charge < -0.3 is 9.97 Å². The fourth-order valence-corrected chi connectivity index (χ4v) is 3.06. The molecule has 0 saturated heterocycles. The van der Waals surface area contributed by atoms with Gasteiger partial charge in [-0.15, -0.1) is 0 Å². The van der Waals surface area contributed by atoms with E-state index in [1.54, 1.807) is 12.4 Å². The predicted octanol–water partition coefficient (Wildman–Crippen LogP) is 4.68. The van der Waals surface area contributed by atoms with Crippen molar-refractivity contribution in [3.05, 3.63) is 79.1 Å². The number of fused-ring (bicyclic) bond motifs is 1. The van der Waals surface area contributed by atoms with Crippen LogP contribution < -0.4 is 0 Å². The molecule has 0 spiro atoms. The summed E-state index contributed by atoms with van der Waals surface area (Å²) in [5.41, 5.74) is 5.63. The molecule has 5 heteroatoms. The maximum Gasteiger partial charge on any atom is 0.157 e. The second-order valence-corrected chi connectivity index (χ2v) is 6.02. The van der Waals surface area contributed by atoms with Crippen molar-refractivity contribution in [2.75, 3.05) is 0 Å². The second kappa shape index (κ2) is 5.97. The maximum absolute atomic E-state index is 4.84. The van der Waals surface area contributed by atoms with Crippen LogP contribution in [0.3, 0.4) is 0 Å². The van der Waals surface area contributed by atoms with Crippen molar-refractivity contribution in [3.63, 3.8) is 0 Å². The van der Waals surface area contributed by atoms with Crippen LogP contribution in [0, 0.1) is 0 Å². The topological polar surface area (TPSA) is 70.2 Å². The second-order valence-electron chi connectivity index (χ2n) is 6.02. The highest BCUT2D eigenvalue weighted by Crippen LogP contribution is 2.32. The minimum atomic E-state index is 0.771. The number of hydrogen-bond donors (Lipinski definition) is 2. The molecule has 0 fully saturated rings. The molecule has 3 aromatic heterocycles. The average molecular weight is 337 g/mol. The fraction of sp³-hybridized carbons (Fsp3) is 0. The van der Waals surface area contributed by atoms with Crippen LogP contribution in [-0.2, 0) is 0 Å². The quantitative estimate of drug-likeness (QED) is 0.502. The van der Waals surface area contributed by atoms with Crippen molar-refractivity contribution in [1.82, 2.24) is 24.9 Å². The Morgan fingerprint density at radius 3 is 2.27 bits per heavy atom. The van der Waals surface area contributed by atoms with E-state index >= 15 is 0 Å². The number of imidazole rings is 2. The van der Waals surface area contributed by atoms with Crippen molar-refractivity contribution in [3.8, 4) is 34.2 Å². The van der Waals surface area contributed by atoms with Crippen LogP contribution in [0.5, 0.6) is 0 Å². The van der Waals surface area contributed by atoms with Gasteiger partial charge in [0, 0.05) is 23.5 Å². The first-order chi connectivity index (χ1) is 12.9. The molecule has 0 saturated carbocycles. The molecule has 0 unspecified atom stereocenters. The number of nitrogens with one attached hydrogen (secondary N) is 2. The minimum absolute atomic E-state index is 0.771. The highest BCUT2D eigenvalue weighted by molar-refractivity contribution is 5.84. The van der Waals surface area contributed by atoms with Crippen molar-refractivity contribution in [2.45, 2.75) is 0 Å². The van der Waals surface area contributed by atoms with Gasteiger partial charge in [-0.1, -0.05) is 42.5 Å². The van der Waals surface area contributed by atoms with Gasteiger partial charge in [-0.3, -0.25) is 4.98 Å². The van der Waals surface area contributed by atoms with Crippen LogP contribution in [0.2, 0.25) is 0 Å². The minimum Gasteiger partial charge on any atom is -0.337 e. The molecule has 0 aliphatic heterocycles. The van der Waals surface area contributed by atoms with Gasteiger partial charge in [-0.05, 0) is 24.3 Å². The van der Waals surface area contributed by atoms with Gasteiger partial charge in [-0.25, -0.2) is 9.97 Å². The van der Waals surface area contributed by atoms with Gasteiger partial charge in [0.1, 0.15) is 17.2 Å². The smallest absolute Gasteiger partial charge is 0.157 e. The van der Waals surface area contributed by atoms with Crippen LogP contribution in [0.1, 0.15) is 0 Å². The Balaban J connectivity index is 1.73. The lowest BCUT2D eigenvalue weighted by molar-refractivity contribution is 1.24. The molecule has 0 bridgehead atoms. The number of para-hydroxylation sites is 2. The number of benzene rings is 2. The van der Waals surface area contributed by atoms with E-state index in [1.165, 1.54) is 0 Å². The van der Waals surface area contributed by atoms with Crippen molar-refractivity contribution in [2.24, 2.45) is 0 Å². The highest BCUT2D eigenvalue weighted by atomic mass is 15.0. The molecular weight excluding hydrogens is 322 g/mol. The van der Waals surface area contributed by atoms with Gasteiger partial charge >= 0.3 is 0 Å². The lowest BCUT2D eigenvalue weighted by Gasteiger charge is -1.99. The lowest BCUT2D eigenvalue weighted by atomic mass is 10.1. The van der Waals surface area contributed by atoms with E-state index in [9.17, 15) is 0 Å². The molecule has 0 radical (unpaired) electrons. The van der Waals surface area contributed by atoms with Crippen molar-refractivity contribution < 1.29 is 0 Å². The molecule has 3 heterocycles. The monoisotopic (exact) mass is 337 g/mol. The van der Waals surface area contributed by atoms with Crippen LogP contribution >= 0.6 is 0 Å². The molecule has 0 aliphatic carbocycles. The first-order valence-electron chi connectivity index (χ1n) is 8.39. The van der Waals surface area contributed by atoms with E-state index in [0.29, 0.717) is 0 Å². The summed E-state index contributed by atoms with van der Waals surface area (Å²) in [6, 6.07) is 22.0. The summed E-state index contributed by atoms with van der Waals surface area (Å²) in [4.78, 5) is 20.6. The third kappa shape index (κ3) is 2.46. The molecule has 5 aromatic rings. The first-order valence-corrected chi connectivity index (χ1v) is 8.39. The van der Waals surface area contributed by atoms with Crippen LogP contribution in [-0.4, -0.2) is 24.9 Å². The Hall–Kier alpha value is -3.73. The zero-order valence-electron chi connectivity index (χ0n) is 13.8. The summed E-state index contributed by atoms with van der Waals surface area (Å²) in [6.45, 7) is 0. The average Bonchev–Trinajstić information content (AvgIpc) is 3.33. The molecule has 0 atom stereocenters. The summed E-state index contributed by atoms with van der Waals surface area (Å²) >= 11 is 0. The highest BCUT2D eigenvalue weighted by Gasteiger charge is 2.17. The predicted molar refractivity (Wildman–Crippen MR) is 102 cm³/mol. The lowest BCUT2D eigenvalue weighted by Crippen LogP contribution is -1.85. The SMILES string of the molecule is c1ccc(-c2nc(-c3cccnc3)[nH]c2-c2nc3ccccc3[nH]2)cc1. The zero-order valence-corrected chi connectivity index (χ0v) is 13.8. The number of aromatic nitrogens is 5. The fourth-order valence-electron chi connectivity index (χ4n) is 3.06. The standard InChI is InChI=1S/C21H15N5/c1-2-7-14(8-3-1)18-19(21-23-16-10-4-5-11-17(16)24-21)26-20(25-18)15-9-6-12-22-13-15/h1-13H,(H,23,24)(H,25,26). The number of aromatic amines is 2. The van der Waals surface area contributed by atoms with Crippen LogP contribution in [0.15, 0.2) is 79.1 Å². The van der Waals surface area contributed by atoms with Crippen LogP contribution in [0.4, 0.5) is 0 Å². The van der Waals surface area contributed by atoms with E-state index < -0.39 is 0 Å². The van der Waals surface area contributed by atoms with E-state index in [0.717, 1.165) is 45.2 Å². The van der Waals surface area contributed by atoms with Crippen molar-refractivity contribution in [1.29, 1.82) is 0 Å². The van der Waals surface area contributed by atoms with E-state index in [2.05, 4.69) is 27.1 Å². The Morgan fingerprint density at radius 1 is 0.654 bits per heavy atom. The molecule has 124 valence electrons. The molecule has 0 amide bonds. The number of H-pyrrole nitrogens is 2. The number of rotatable bonds is 3. The molecule has 2 N–H and O–H groups in total. The van der Waals surface area contributed by atoms with Crippen molar-refractivity contribution >= 4 is 11.0 Å². The number of hydrogen-bond acceptors (Lipinski definition) is 3. The molecule has 5 nitrogen and oxygen atoms in total. The molecule has 26 heavy (non-hydrogen) atoms.